The zero-order valence-corrected chi connectivity index (χ0v) is 18.8. The molecular weight excluding hydrogens is 476 g/mol. The van der Waals surface area contributed by atoms with Crippen molar-refractivity contribution >= 4 is 28.4 Å². The number of oxazole rings is 1. The summed E-state index contributed by atoms with van der Waals surface area (Å²) in [6.07, 6.45) is -4.74. The Morgan fingerprint density at radius 2 is 1.94 bits per heavy atom. The summed E-state index contributed by atoms with van der Waals surface area (Å²) >= 11 is 1.19. The van der Waals surface area contributed by atoms with Crippen LogP contribution in [-0.2, 0) is 24.0 Å². The molecule has 2 aromatic heterocycles. The van der Waals surface area contributed by atoms with Crippen LogP contribution in [0, 0.1) is 19.7 Å². The molecule has 0 amide bonds. The van der Waals surface area contributed by atoms with Gasteiger partial charge in [0.25, 0.3) is 0 Å². The second-order valence-electron chi connectivity index (χ2n) is 7.57. The number of hydrogen-bond acceptors (Lipinski definition) is 6. The summed E-state index contributed by atoms with van der Waals surface area (Å²) < 4.78 is 64.1. The molecule has 11 heteroatoms. The Hall–Kier alpha value is -3.47. The maximum absolute atomic E-state index is 14.0. The summed E-state index contributed by atoms with van der Waals surface area (Å²) in [7, 11) is 0. The van der Waals surface area contributed by atoms with Crippen LogP contribution in [0.15, 0.2) is 34.7 Å². The molecule has 0 fully saturated rings. The molecule has 2 heterocycles. The van der Waals surface area contributed by atoms with Crippen LogP contribution < -0.4 is 4.74 Å². The van der Waals surface area contributed by atoms with Gasteiger partial charge in [0.2, 0.25) is 0 Å². The number of ether oxygens (including phenoxy) is 1. The summed E-state index contributed by atoms with van der Waals surface area (Å²) in [6, 6.07) is 6.23. The Morgan fingerprint density at radius 1 is 1.18 bits per heavy atom. The maximum atomic E-state index is 14.0. The summed E-state index contributed by atoms with van der Waals surface area (Å²) in [5.41, 5.74) is 1.23. The first-order valence-electron chi connectivity index (χ1n) is 10.1. The predicted octanol–water partition coefficient (Wildman–Crippen LogP) is 6.32. The molecule has 0 unspecified atom stereocenters. The molecule has 6 nitrogen and oxygen atoms in total. The molecule has 34 heavy (non-hydrogen) atoms. The van der Waals surface area contributed by atoms with E-state index in [0.717, 1.165) is 11.6 Å². The van der Waals surface area contributed by atoms with Crippen LogP contribution in [0.25, 0.3) is 21.7 Å². The highest BCUT2D eigenvalue weighted by Gasteiger charge is 2.34. The van der Waals surface area contributed by atoms with E-state index in [9.17, 15) is 22.4 Å². The van der Waals surface area contributed by atoms with E-state index in [0.29, 0.717) is 38.5 Å². The first-order chi connectivity index (χ1) is 16.0. The van der Waals surface area contributed by atoms with Gasteiger partial charge in [0.15, 0.2) is 22.7 Å². The van der Waals surface area contributed by atoms with E-state index in [-0.39, 0.29) is 30.9 Å². The summed E-state index contributed by atoms with van der Waals surface area (Å²) in [5.74, 6) is -1.56. The molecule has 0 radical (unpaired) electrons. The number of halogens is 4. The smallest absolute Gasteiger partial charge is 0.419 e. The van der Waals surface area contributed by atoms with Crippen LogP contribution >= 0.6 is 11.3 Å². The van der Waals surface area contributed by atoms with E-state index in [1.54, 1.807) is 19.1 Å². The SMILES string of the molecule is Cc1ccc2oc(CCC(=O)O)nc2c1OCc1sc(-c2ccc(C(F)(F)F)c(F)c2)nc1C. The number of aryl methyl sites for hydroxylation is 3. The Kier molecular flexibility index (Phi) is 6.30. The minimum atomic E-state index is -4.77. The van der Waals surface area contributed by atoms with E-state index in [2.05, 4.69) is 9.97 Å². The van der Waals surface area contributed by atoms with Gasteiger partial charge in [-0.3, -0.25) is 4.79 Å². The van der Waals surface area contributed by atoms with Crippen molar-refractivity contribution in [2.24, 2.45) is 0 Å². The van der Waals surface area contributed by atoms with Crippen molar-refractivity contribution in [3.05, 3.63) is 63.7 Å². The van der Waals surface area contributed by atoms with Gasteiger partial charge in [-0.15, -0.1) is 11.3 Å². The molecule has 4 rings (SSSR count). The number of carbonyl (C=O) groups is 1. The fourth-order valence-electron chi connectivity index (χ4n) is 3.32. The lowest BCUT2D eigenvalue weighted by Crippen LogP contribution is -2.07. The van der Waals surface area contributed by atoms with Crippen molar-refractivity contribution in [1.29, 1.82) is 0 Å². The average molecular weight is 494 g/mol. The third-order valence-corrected chi connectivity index (χ3v) is 6.25. The lowest BCUT2D eigenvalue weighted by atomic mass is 10.1. The van der Waals surface area contributed by atoms with Crippen LogP contribution in [-0.4, -0.2) is 21.0 Å². The molecule has 0 saturated heterocycles. The molecule has 0 aliphatic rings. The largest absolute Gasteiger partial charge is 0.485 e. The quantitative estimate of drug-likeness (QED) is 0.303. The van der Waals surface area contributed by atoms with Crippen LogP contribution in [0.3, 0.4) is 0 Å². The maximum Gasteiger partial charge on any atom is 0.419 e. The number of rotatable bonds is 7. The molecule has 0 spiro atoms. The highest BCUT2D eigenvalue weighted by atomic mass is 32.1. The van der Waals surface area contributed by atoms with Gasteiger partial charge in [-0.1, -0.05) is 12.1 Å². The van der Waals surface area contributed by atoms with Crippen molar-refractivity contribution in [3.8, 4) is 16.3 Å². The van der Waals surface area contributed by atoms with E-state index >= 15 is 0 Å². The number of thiazole rings is 1. The highest BCUT2D eigenvalue weighted by molar-refractivity contribution is 7.15. The van der Waals surface area contributed by atoms with Gasteiger partial charge >= 0.3 is 12.1 Å². The first-order valence-corrected chi connectivity index (χ1v) is 10.9. The second-order valence-corrected chi connectivity index (χ2v) is 8.65. The fourth-order valence-corrected chi connectivity index (χ4v) is 4.29. The van der Waals surface area contributed by atoms with Crippen molar-refractivity contribution in [3.63, 3.8) is 0 Å². The Morgan fingerprint density at radius 3 is 2.62 bits per heavy atom. The fraction of sp³-hybridized carbons (Fsp3) is 0.261. The summed E-state index contributed by atoms with van der Waals surface area (Å²) in [5, 5.41) is 9.23. The van der Waals surface area contributed by atoms with Crippen molar-refractivity contribution in [2.45, 2.75) is 39.5 Å². The molecular formula is C23H18F4N2O4S. The Bertz CT molecular complexity index is 1380. The van der Waals surface area contributed by atoms with Gasteiger partial charge < -0.3 is 14.3 Å². The van der Waals surface area contributed by atoms with E-state index in [1.165, 1.54) is 17.4 Å². The Labute approximate surface area is 194 Å². The van der Waals surface area contributed by atoms with Gasteiger partial charge in [-0.2, -0.15) is 13.2 Å². The van der Waals surface area contributed by atoms with Crippen LogP contribution in [0.2, 0.25) is 0 Å². The standard InChI is InChI=1S/C23H18F4N2O4S/c1-11-3-6-16-20(29-18(33-16)7-8-19(30)31)21(11)32-10-17-12(2)28-22(34-17)13-4-5-14(15(24)9-13)23(25,26)27/h3-6,9H,7-8,10H2,1-2H3,(H,30,31). The number of nitrogens with zero attached hydrogens (tertiary/aromatic N) is 2. The summed E-state index contributed by atoms with van der Waals surface area (Å²) in [6.45, 7) is 3.66. The molecule has 2 aromatic carbocycles. The van der Waals surface area contributed by atoms with E-state index in [1.807, 2.05) is 6.92 Å². The second kappa shape index (κ2) is 9.05. The highest BCUT2D eigenvalue weighted by Crippen LogP contribution is 2.36. The molecule has 0 aliphatic carbocycles. The number of alkyl halides is 3. The van der Waals surface area contributed by atoms with Crippen LogP contribution in [0.5, 0.6) is 5.75 Å². The molecule has 0 bridgehead atoms. The van der Waals surface area contributed by atoms with E-state index < -0.39 is 23.5 Å². The number of aliphatic carboxylic acids is 1. The number of benzene rings is 2. The summed E-state index contributed by atoms with van der Waals surface area (Å²) in [4.78, 5) is 20.3. The van der Waals surface area contributed by atoms with Crippen molar-refractivity contribution in [2.75, 3.05) is 0 Å². The molecule has 0 atom stereocenters. The predicted molar refractivity (Wildman–Crippen MR) is 116 cm³/mol. The van der Waals surface area contributed by atoms with Crippen molar-refractivity contribution in [1.82, 2.24) is 9.97 Å². The number of hydrogen-bond donors (Lipinski definition) is 1. The third kappa shape index (κ3) is 4.89. The molecule has 0 saturated carbocycles. The monoisotopic (exact) mass is 494 g/mol. The third-order valence-electron chi connectivity index (χ3n) is 5.07. The molecule has 4 aromatic rings. The van der Waals surface area contributed by atoms with E-state index in [4.69, 9.17) is 14.3 Å². The minimum Gasteiger partial charge on any atom is -0.485 e. The molecule has 1 N–H and O–H groups in total. The number of carboxylic acids is 1. The van der Waals surface area contributed by atoms with Gasteiger partial charge in [0, 0.05) is 12.0 Å². The molecule has 0 aliphatic heterocycles. The lowest BCUT2D eigenvalue weighted by molar-refractivity contribution is -0.140. The Balaban J connectivity index is 1.56. The average Bonchev–Trinajstić information content (AvgIpc) is 3.34. The number of aromatic nitrogens is 2. The van der Waals surface area contributed by atoms with Gasteiger partial charge in [-0.25, -0.2) is 14.4 Å². The van der Waals surface area contributed by atoms with Gasteiger partial charge in [-0.05, 0) is 37.6 Å². The lowest BCUT2D eigenvalue weighted by Gasteiger charge is -2.08. The zero-order chi connectivity index (χ0) is 24.6. The number of carboxylic acid groups (broad SMARTS) is 1. The number of fused-ring (bicyclic) bond motifs is 1. The van der Waals surface area contributed by atoms with Crippen molar-refractivity contribution < 1.29 is 36.6 Å². The topological polar surface area (TPSA) is 85.5 Å². The van der Waals surface area contributed by atoms with Crippen LogP contribution in [0.1, 0.15) is 34.0 Å². The minimum absolute atomic E-state index is 0.101. The normalized spacial score (nSPS) is 11.8. The molecule has 178 valence electrons. The van der Waals surface area contributed by atoms with Crippen LogP contribution in [0.4, 0.5) is 17.6 Å². The first kappa shape index (κ1) is 23.7. The van der Waals surface area contributed by atoms with Gasteiger partial charge in [0.1, 0.15) is 17.4 Å². The van der Waals surface area contributed by atoms with Gasteiger partial charge in [0.05, 0.1) is 22.6 Å². The zero-order valence-electron chi connectivity index (χ0n) is 18.0.